The van der Waals surface area contributed by atoms with Gasteiger partial charge >= 0.3 is 0 Å². The van der Waals surface area contributed by atoms with Gasteiger partial charge < -0.3 is 19.8 Å². The number of rotatable bonds is 4. The maximum atomic E-state index is 13.0. The lowest BCUT2D eigenvalue weighted by Crippen LogP contribution is -2.55. The highest BCUT2D eigenvalue weighted by atomic mass is 16.5. The Balaban J connectivity index is 1.84. The molecule has 0 radical (unpaired) electrons. The van der Waals surface area contributed by atoms with Gasteiger partial charge in [-0.25, -0.2) is 0 Å². The molecule has 2 aliphatic heterocycles. The van der Waals surface area contributed by atoms with E-state index in [1.807, 2.05) is 25.1 Å². The van der Waals surface area contributed by atoms with Crippen molar-refractivity contribution in [3.63, 3.8) is 0 Å². The Kier molecular flexibility index (Phi) is 4.71. The molecule has 2 aliphatic rings. The molecular weight excluding hydrogens is 294 g/mol. The zero-order valence-electron chi connectivity index (χ0n) is 13.6. The standard InChI is InChI=1S/C18H25NO4/c1-2-7-18(12-20)11-19(8-6-16(18)21)17(22)14-5-3-4-13-9-23-10-15(13)14/h3-5,16,20-21H,2,6-12H2,1H3/t16-,18-/m0/s1. The minimum Gasteiger partial charge on any atom is -0.396 e. The number of carbonyl (C=O) groups is 1. The van der Waals surface area contributed by atoms with Crippen molar-refractivity contribution in [2.75, 3.05) is 19.7 Å². The quantitative estimate of drug-likeness (QED) is 0.886. The smallest absolute Gasteiger partial charge is 0.254 e. The Morgan fingerprint density at radius 1 is 1.43 bits per heavy atom. The van der Waals surface area contributed by atoms with E-state index < -0.39 is 11.5 Å². The van der Waals surface area contributed by atoms with Gasteiger partial charge in [0.15, 0.2) is 0 Å². The third-order valence-electron chi connectivity index (χ3n) is 5.24. The van der Waals surface area contributed by atoms with Crippen LogP contribution in [0.2, 0.25) is 0 Å². The number of piperidine rings is 1. The number of fused-ring (bicyclic) bond motifs is 1. The summed E-state index contributed by atoms with van der Waals surface area (Å²) in [6, 6.07) is 5.74. The minimum absolute atomic E-state index is 0.0202. The van der Waals surface area contributed by atoms with E-state index in [4.69, 9.17) is 4.74 Å². The molecular formula is C18H25NO4. The number of aliphatic hydroxyl groups excluding tert-OH is 2. The van der Waals surface area contributed by atoms with Crippen molar-refractivity contribution in [3.05, 3.63) is 34.9 Å². The lowest BCUT2D eigenvalue weighted by atomic mass is 9.74. The van der Waals surface area contributed by atoms with E-state index in [-0.39, 0.29) is 12.5 Å². The Hall–Kier alpha value is -1.43. The summed E-state index contributed by atoms with van der Waals surface area (Å²) in [7, 11) is 0. The summed E-state index contributed by atoms with van der Waals surface area (Å²) < 4.78 is 5.46. The Bertz CT molecular complexity index is 588. The molecule has 126 valence electrons. The third-order valence-corrected chi connectivity index (χ3v) is 5.24. The first-order chi connectivity index (χ1) is 11.1. The molecule has 2 N–H and O–H groups in total. The molecule has 0 spiro atoms. The molecule has 3 rings (SSSR count). The monoisotopic (exact) mass is 319 g/mol. The predicted molar refractivity (Wildman–Crippen MR) is 85.9 cm³/mol. The average Bonchev–Trinajstić information content (AvgIpc) is 3.05. The Morgan fingerprint density at radius 2 is 2.26 bits per heavy atom. The van der Waals surface area contributed by atoms with Crippen molar-refractivity contribution in [2.45, 2.75) is 45.5 Å². The van der Waals surface area contributed by atoms with Gasteiger partial charge in [-0.05, 0) is 30.0 Å². The van der Waals surface area contributed by atoms with Crippen LogP contribution in [0.25, 0.3) is 0 Å². The fourth-order valence-corrected chi connectivity index (χ4v) is 3.87. The van der Waals surface area contributed by atoms with Gasteiger partial charge in [-0.3, -0.25) is 4.79 Å². The number of benzene rings is 1. The summed E-state index contributed by atoms with van der Waals surface area (Å²) in [5, 5.41) is 20.2. The molecule has 5 heteroatoms. The molecule has 23 heavy (non-hydrogen) atoms. The number of hydrogen-bond donors (Lipinski definition) is 2. The number of hydrogen-bond acceptors (Lipinski definition) is 4. The maximum Gasteiger partial charge on any atom is 0.254 e. The molecule has 0 unspecified atom stereocenters. The molecule has 1 fully saturated rings. The minimum atomic E-state index is -0.600. The summed E-state index contributed by atoms with van der Waals surface area (Å²) in [6.45, 7) is 3.91. The van der Waals surface area contributed by atoms with Gasteiger partial charge in [-0.15, -0.1) is 0 Å². The van der Waals surface area contributed by atoms with Gasteiger partial charge in [0.05, 0.1) is 25.9 Å². The zero-order valence-corrected chi connectivity index (χ0v) is 13.6. The van der Waals surface area contributed by atoms with E-state index in [9.17, 15) is 15.0 Å². The molecule has 2 atom stereocenters. The molecule has 2 heterocycles. The second-order valence-corrected chi connectivity index (χ2v) is 6.74. The summed E-state index contributed by atoms with van der Waals surface area (Å²) in [5.41, 5.74) is 2.15. The summed E-state index contributed by atoms with van der Waals surface area (Å²) in [5.74, 6) is -0.0202. The third kappa shape index (κ3) is 2.89. The van der Waals surface area contributed by atoms with Crippen LogP contribution >= 0.6 is 0 Å². The van der Waals surface area contributed by atoms with Crippen molar-refractivity contribution in [1.82, 2.24) is 4.90 Å². The normalized spacial score (nSPS) is 27.1. The highest BCUT2D eigenvalue weighted by molar-refractivity contribution is 5.96. The van der Waals surface area contributed by atoms with Crippen LogP contribution in [-0.2, 0) is 18.0 Å². The largest absolute Gasteiger partial charge is 0.396 e. The highest BCUT2D eigenvalue weighted by Crippen LogP contribution is 2.36. The Morgan fingerprint density at radius 3 is 3.00 bits per heavy atom. The van der Waals surface area contributed by atoms with Crippen LogP contribution < -0.4 is 0 Å². The molecule has 0 saturated carbocycles. The van der Waals surface area contributed by atoms with E-state index in [1.54, 1.807) is 4.90 Å². The number of amides is 1. The topological polar surface area (TPSA) is 70.0 Å². The molecule has 1 amide bonds. The van der Waals surface area contributed by atoms with Gasteiger partial charge in [0.1, 0.15) is 0 Å². The number of nitrogens with zero attached hydrogens (tertiary/aromatic N) is 1. The van der Waals surface area contributed by atoms with E-state index in [0.29, 0.717) is 44.7 Å². The fourth-order valence-electron chi connectivity index (χ4n) is 3.87. The first kappa shape index (κ1) is 16.4. The van der Waals surface area contributed by atoms with Gasteiger partial charge in [-0.2, -0.15) is 0 Å². The van der Waals surface area contributed by atoms with E-state index in [1.165, 1.54) is 0 Å². The maximum absolute atomic E-state index is 13.0. The van der Waals surface area contributed by atoms with Crippen molar-refractivity contribution in [1.29, 1.82) is 0 Å². The molecule has 1 aromatic carbocycles. The van der Waals surface area contributed by atoms with Crippen LogP contribution in [0.1, 0.15) is 47.7 Å². The number of carbonyl (C=O) groups excluding carboxylic acids is 1. The van der Waals surface area contributed by atoms with E-state index in [0.717, 1.165) is 17.5 Å². The first-order valence-electron chi connectivity index (χ1n) is 8.38. The van der Waals surface area contributed by atoms with Gasteiger partial charge in [0.2, 0.25) is 0 Å². The second kappa shape index (κ2) is 6.59. The lowest BCUT2D eigenvalue weighted by Gasteiger charge is -2.45. The van der Waals surface area contributed by atoms with Crippen LogP contribution in [0.15, 0.2) is 18.2 Å². The number of likely N-dealkylation sites (tertiary alicyclic amines) is 1. The first-order valence-corrected chi connectivity index (χ1v) is 8.38. The van der Waals surface area contributed by atoms with Crippen LogP contribution in [0.3, 0.4) is 0 Å². The Labute approximate surface area is 136 Å². The summed E-state index contributed by atoms with van der Waals surface area (Å²) in [6.07, 6.45) is 1.54. The summed E-state index contributed by atoms with van der Waals surface area (Å²) >= 11 is 0. The predicted octanol–water partition coefficient (Wildman–Crippen LogP) is 1.70. The molecule has 1 saturated heterocycles. The van der Waals surface area contributed by atoms with Crippen molar-refractivity contribution < 1.29 is 19.7 Å². The molecule has 0 aliphatic carbocycles. The van der Waals surface area contributed by atoms with Crippen LogP contribution in [0.4, 0.5) is 0 Å². The van der Waals surface area contributed by atoms with E-state index >= 15 is 0 Å². The number of aliphatic hydroxyl groups is 2. The van der Waals surface area contributed by atoms with Crippen LogP contribution in [0, 0.1) is 5.41 Å². The average molecular weight is 319 g/mol. The van der Waals surface area contributed by atoms with Crippen LogP contribution in [0.5, 0.6) is 0 Å². The van der Waals surface area contributed by atoms with Gasteiger partial charge in [0, 0.05) is 24.1 Å². The van der Waals surface area contributed by atoms with E-state index in [2.05, 4.69) is 0 Å². The van der Waals surface area contributed by atoms with Gasteiger partial charge in [0.25, 0.3) is 5.91 Å². The van der Waals surface area contributed by atoms with Crippen molar-refractivity contribution in [2.24, 2.45) is 5.41 Å². The van der Waals surface area contributed by atoms with Crippen LogP contribution in [-0.4, -0.2) is 46.8 Å². The zero-order chi connectivity index (χ0) is 16.4. The van der Waals surface area contributed by atoms with Crippen molar-refractivity contribution in [3.8, 4) is 0 Å². The highest BCUT2D eigenvalue weighted by Gasteiger charge is 2.43. The molecule has 1 aromatic rings. The SMILES string of the molecule is CCC[C@@]1(CO)CN(C(=O)c2cccc3c2COC3)CC[C@@H]1O. The molecule has 5 nitrogen and oxygen atoms in total. The van der Waals surface area contributed by atoms with Gasteiger partial charge in [-0.1, -0.05) is 25.5 Å². The lowest BCUT2D eigenvalue weighted by molar-refractivity contribution is -0.0720. The molecule has 0 bridgehead atoms. The summed E-state index contributed by atoms with van der Waals surface area (Å²) in [4.78, 5) is 14.8. The number of ether oxygens (including phenoxy) is 1. The second-order valence-electron chi connectivity index (χ2n) is 6.74. The fraction of sp³-hybridized carbons (Fsp3) is 0.611. The molecule has 0 aromatic heterocycles. The van der Waals surface area contributed by atoms with Crippen molar-refractivity contribution >= 4 is 5.91 Å².